The van der Waals surface area contributed by atoms with Crippen LogP contribution in [0.3, 0.4) is 0 Å². The lowest BCUT2D eigenvalue weighted by Crippen LogP contribution is -2.20. The van der Waals surface area contributed by atoms with Gasteiger partial charge in [0.05, 0.1) is 11.0 Å². The van der Waals surface area contributed by atoms with Gasteiger partial charge < -0.3 is 10.3 Å². The summed E-state index contributed by atoms with van der Waals surface area (Å²) in [6, 6.07) is 5.58. The first-order valence-electron chi connectivity index (χ1n) is 6.22. The van der Waals surface area contributed by atoms with E-state index in [-0.39, 0.29) is 11.3 Å². The molecule has 1 heterocycles. The molecular formula is C14H18ClN3O. The van der Waals surface area contributed by atoms with Crippen molar-refractivity contribution in [2.24, 2.45) is 0 Å². The third kappa shape index (κ3) is 3.07. The normalized spacial score (nSPS) is 13.5. The fraction of sp³-hybridized carbons (Fsp3) is 0.429. The molecule has 1 atom stereocenters. The lowest BCUT2D eigenvalue weighted by molar-refractivity contribution is -0.115. The summed E-state index contributed by atoms with van der Waals surface area (Å²) in [7, 11) is 0. The number of hydrogen-bond acceptors (Lipinski definition) is 2. The van der Waals surface area contributed by atoms with E-state index in [4.69, 9.17) is 11.6 Å². The van der Waals surface area contributed by atoms with Crippen molar-refractivity contribution in [1.29, 1.82) is 0 Å². The maximum Gasteiger partial charge on any atom is 0.242 e. The molecule has 0 saturated carbocycles. The van der Waals surface area contributed by atoms with E-state index in [0.29, 0.717) is 5.69 Å². The smallest absolute Gasteiger partial charge is 0.242 e. The lowest BCUT2D eigenvalue weighted by atomic mass is 9.96. The first kappa shape index (κ1) is 13.9. The quantitative estimate of drug-likeness (QED) is 0.828. The van der Waals surface area contributed by atoms with E-state index in [1.807, 2.05) is 18.2 Å². The van der Waals surface area contributed by atoms with Gasteiger partial charge in [0, 0.05) is 11.1 Å². The van der Waals surface area contributed by atoms with Crippen LogP contribution in [0.25, 0.3) is 11.0 Å². The summed E-state index contributed by atoms with van der Waals surface area (Å²) in [6.07, 6.45) is 0. The minimum atomic E-state index is -0.553. The Morgan fingerprint density at radius 3 is 2.68 bits per heavy atom. The summed E-state index contributed by atoms with van der Waals surface area (Å²) in [5.41, 5.74) is 2.48. The molecule has 0 bridgehead atoms. The third-order valence-corrected chi connectivity index (χ3v) is 3.02. The maximum absolute atomic E-state index is 11.5. The summed E-state index contributed by atoms with van der Waals surface area (Å²) in [4.78, 5) is 19.4. The Morgan fingerprint density at radius 1 is 1.42 bits per heavy atom. The minimum Gasteiger partial charge on any atom is -0.341 e. The number of H-pyrrole nitrogens is 1. The zero-order valence-electron chi connectivity index (χ0n) is 11.5. The van der Waals surface area contributed by atoms with Crippen LogP contribution in [-0.2, 0) is 10.2 Å². The minimum absolute atomic E-state index is 0.0346. The molecule has 2 aromatic rings. The van der Waals surface area contributed by atoms with Crippen LogP contribution in [0.2, 0.25) is 0 Å². The molecule has 19 heavy (non-hydrogen) atoms. The maximum atomic E-state index is 11.5. The van der Waals surface area contributed by atoms with Crippen molar-refractivity contribution in [2.45, 2.75) is 38.5 Å². The average Bonchev–Trinajstić information content (AvgIpc) is 2.71. The molecule has 2 N–H and O–H groups in total. The molecule has 0 fully saturated rings. The SMILES string of the molecule is CC(Cl)C(=O)Nc1ccc2nc(C(C)(C)C)[nH]c2c1. The number of imidazole rings is 1. The van der Waals surface area contributed by atoms with Crippen molar-refractivity contribution < 1.29 is 4.79 Å². The number of halogens is 1. The highest BCUT2D eigenvalue weighted by Crippen LogP contribution is 2.24. The van der Waals surface area contributed by atoms with Gasteiger partial charge in [-0.15, -0.1) is 11.6 Å². The predicted molar refractivity (Wildman–Crippen MR) is 78.7 cm³/mol. The molecule has 1 amide bonds. The molecule has 5 heteroatoms. The van der Waals surface area contributed by atoms with Gasteiger partial charge in [-0.25, -0.2) is 4.98 Å². The molecule has 2 rings (SSSR count). The molecule has 0 aliphatic rings. The first-order chi connectivity index (χ1) is 8.77. The van der Waals surface area contributed by atoms with Crippen LogP contribution < -0.4 is 5.32 Å². The molecule has 0 radical (unpaired) electrons. The Kier molecular flexibility index (Phi) is 3.54. The second-order valence-corrected chi connectivity index (χ2v) is 6.33. The highest BCUT2D eigenvalue weighted by atomic mass is 35.5. The van der Waals surface area contributed by atoms with Crippen LogP contribution in [0.15, 0.2) is 18.2 Å². The number of amides is 1. The molecule has 0 spiro atoms. The second kappa shape index (κ2) is 4.85. The Morgan fingerprint density at radius 2 is 2.11 bits per heavy atom. The van der Waals surface area contributed by atoms with Crippen LogP contribution >= 0.6 is 11.6 Å². The number of aromatic nitrogens is 2. The predicted octanol–water partition coefficient (Wildman–Crippen LogP) is 3.43. The van der Waals surface area contributed by atoms with Gasteiger partial charge in [0.15, 0.2) is 0 Å². The van der Waals surface area contributed by atoms with Crippen LogP contribution in [0.4, 0.5) is 5.69 Å². The molecule has 1 aromatic heterocycles. The molecule has 102 valence electrons. The molecular weight excluding hydrogens is 262 g/mol. The van der Waals surface area contributed by atoms with E-state index in [9.17, 15) is 4.79 Å². The van der Waals surface area contributed by atoms with Crippen molar-refractivity contribution >= 4 is 34.2 Å². The Hall–Kier alpha value is -1.55. The monoisotopic (exact) mass is 279 g/mol. The van der Waals surface area contributed by atoms with E-state index < -0.39 is 5.38 Å². The number of aromatic amines is 1. The third-order valence-electron chi connectivity index (χ3n) is 2.82. The number of nitrogens with zero attached hydrogens (tertiary/aromatic N) is 1. The highest BCUT2D eigenvalue weighted by molar-refractivity contribution is 6.32. The van der Waals surface area contributed by atoms with Crippen LogP contribution in [-0.4, -0.2) is 21.3 Å². The molecule has 0 saturated heterocycles. The average molecular weight is 280 g/mol. The molecule has 4 nitrogen and oxygen atoms in total. The van der Waals surface area contributed by atoms with Crippen molar-refractivity contribution in [2.75, 3.05) is 5.32 Å². The van der Waals surface area contributed by atoms with Gasteiger partial charge in [0.1, 0.15) is 11.2 Å². The number of hydrogen-bond donors (Lipinski definition) is 2. The van der Waals surface area contributed by atoms with Gasteiger partial charge in [-0.1, -0.05) is 20.8 Å². The van der Waals surface area contributed by atoms with Crippen LogP contribution in [0.1, 0.15) is 33.5 Å². The first-order valence-corrected chi connectivity index (χ1v) is 6.66. The number of rotatable bonds is 2. The molecule has 1 aromatic carbocycles. The molecule has 0 aliphatic carbocycles. The topological polar surface area (TPSA) is 57.8 Å². The van der Waals surface area contributed by atoms with Crippen LogP contribution in [0.5, 0.6) is 0 Å². The summed E-state index contributed by atoms with van der Waals surface area (Å²) in [6.45, 7) is 7.94. The number of fused-ring (bicyclic) bond motifs is 1. The number of benzene rings is 1. The van der Waals surface area contributed by atoms with Gasteiger partial charge >= 0.3 is 0 Å². The Balaban J connectivity index is 2.33. The zero-order chi connectivity index (χ0) is 14.2. The van der Waals surface area contributed by atoms with Gasteiger partial charge in [-0.2, -0.15) is 0 Å². The largest absolute Gasteiger partial charge is 0.341 e. The van der Waals surface area contributed by atoms with E-state index in [1.165, 1.54) is 0 Å². The van der Waals surface area contributed by atoms with E-state index in [0.717, 1.165) is 16.9 Å². The van der Waals surface area contributed by atoms with Crippen molar-refractivity contribution in [3.63, 3.8) is 0 Å². The fourth-order valence-corrected chi connectivity index (χ4v) is 1.74. The van der Waals surface area contributed by atoms with Crippen molar-refractivity contribution in [1.82, 2.24) is 9.97 Å². The molecule has 0 aliphatic heterocycles. The zero-order valence-corrected chi connectivity index (χ0v) is 12.3. The van der Waals surface area contributed by atoms with Crippen LogP contribution in [0, 0.1) is 0 Å². The van der Waals surface area contributed by atoms with Gasteiger partial charge in [-0.3, -0.25) is 4.79 Å². The summed E-state index contributed by atoms with van der Waals surface area (Å²) < 4.78 is 0. The highest BCUT2D eigenvalue weighted by Gasteiger charge is 2.18. The summed E-state index contributed by atoms with van der Waals surface area (Å²) in [5, 5.41) is 2.21. The number of carbonyl (C=O) groups excluding carboxylic acids is 1. The Labute approximate surface area is 117 Å². The van der Waals surface area contributed by atoms with E-state index >= 15 is 0 Å². The summed E-state index contributed by atoms with van der Waals surface area (Å²) in [5.74, 6) is 0.716. The molecule has 1 unspecified atom stereocenters. The van der Waals surface area contributed by atoms with Gasteiger partial charge in [-0.05, 0) is 25.1 Å². The van der Waals surface area contributed by atoms with Crippen molar-refractivity contribution in [3.05, 3.63) is 24.0 Å². The second-order valence-electron chi connectivity index (χ2n) is 5.67. The lowest BCUT2D eigenvalue weighted by Gasteiger charge is -2.13. The van der Waals surface area contributed by atoms with Gasteiger partial charge in [0.25, 0.3) is 0 Å². The summed E-state index contributed by atoms with van der Waals surface area (Å²) >= 11 is 5.73. The number of nitrogens with one attached hydrogen (secondary N) is 2. The van der Waals surface area contributed by atoms with E-state index in [2.05, 4.69) is 36.1 Å². The van der Waals surface area contributed by atoms with E-state index in [1.54, 1.807) is 6.92 Å². The number of carbonyl (C=O) groups is 1. The standard InChI is InChI=1S/C14H18ClN3O/c1-8(15)12(19)16-9-5-6-10-11(7-9)18-13(17-10)14(2,3)4/h5-8H,1-4H3,(H,16,19)(H,17,18). The van der Waals surface area contributed by atoms with Crippen molar-refractivity contribution in [3.8, 4) is 0 Å². The van der Waals surface area contributed by atoms with Gasteiger partial charge in [0.2, 0.25) is 5.91 Å². The fourth-order valence-electron chi connectivity index (χ4n) is 1.68. The number of alkyl halides is 1. The Bertz CT molecular complexity index is 611. The number of anilines is 1.